The minimum absolute atomic E-state index is 0.0430. The van der Waals surface area contributed by atoms with E-state index < -0.39 is 0 Å². The minimum atomic E-state index is -0.0430. The molecule has 3 nitrogen and oxygen atoms in total. The highest BCUT2D eigenvalue weighted by molar-refractivity contribution is 5.98. The Morgan fingerprint density at radius 1 is 1.16 bits per heavy atom. The van der Waals surface area contributed by atoms with Crippen LogP contribution < -0.4 is 11.1 Å². The van der Waals surface area contributed by atoms with Gasteiger partial charge < -0.3 is 11.1 Å². The summed E-state index contributed by atoms with van der Waals surface area (Å²) < 4.78 is 0. The van der Waals surface area contributed by atoms with Gasteiger partial charge in [0, 0.05) is 11.6 Å². The van der Waals surface area contributed by atoms with Gasteiger partial charge in [-0.05, 0) is 42.3 Å². The van der Waals surface area contributed by atoms with E-state index in [1.54, 1.807) is 0 Å². The predicted molar refractivity (Wildman–Crippen MR) is 79.1 cm³/mol. The second-order valence-corrected chi connectivity index (χ2v) is 5.04. The lowest BCUT2D eigenvalue weighted by atomic mass is 10.0. The maximum atomic E-state index is 12.2. The molecule has 3 heteroatoms. The third-order valence-corrected chi connectivity index (χ3v) is 3.60. The van der Waals surface area contributed by atoms with Gasteiger partial charge in [-0.15, -0.1) is 0 Å². The summed E-state index contributed by atoms with van der Waals surface area (Å²) in [5.41, 5.74) is 6.30. The molecule has 0 bridgehead atoms. The van der Waals surface area contributed by atoms with Crippen molar-refractivity contribution < 1.29 is 4.79 Å². The quantitative estimate of drug-likeness (QED) is 0.883. The van der Waals surface area contributed by atoms with Gasteiger partial charge in [-0.25, -0.2) is 0 Å². The summed E-state index contributed by atoms with van der Waals surface area (Å²) in [6.45, 7) is 4.58. The van der Waals surface area contributed by atoms with E-state index >= 15 is 0 Å². The monoisotopic (exact) mass is 256 g/mol. The van der Waals surface area contributed by atoms with E-state index in [0.29, 0.717) is 12.1 Å². The number of hydrogen-bond donors (Lipinski definition) is 2. The Balaban J connectivity index is 2.17. The summed E-state index contributed by atoms with van der Waals surface area (Å²) in [5, 5.41) is 5.21. The average Bonchev–Trinajstić information content (AvgIpc) is 2.45. The molecule has 0 aliphatic heterocycles. The first-order valence-electron chi connectivity index (χ1n) is 6.61. The molecule has 2 aromatic rings. The van der Waals surface area contributed by atoms with Gasteiger partial charge in [0.2, 0.25) is 0 Å². The van der Waals surface area contributed by atoms with Crippen LogP contribution in [0.2, 0.25) is 0 Å². The standard InChI is InChI=1S/C16H20N2O/c1-11(10-17)12(2)18-16(19)15-8-7-13-5-3-4-6-14(13)9-15/h3-9,11-12H,10,17H2,1-2H3,(H,18,19). The van der Waals surface area contributed by atoms with E-state index in [1.807, 2.05) is 56.3 Å². The number of hydrogen-bond acceptors (Lipinski definition) is 2. The molecule has 1 amide bonds. The third-order valence-electron chi connectivity index (χ3n) is 3.60. The molecule has 0 radical (unpaired) electrons. The number of carbonyl (C=O) groups excluding carboxylic acids is 1. The van der Waals surface area contributed by atoms with E-state index in [0.717, 1.165) is 10.8 Å². The number of carbonyl (C=O) groups is 1. The zero-order valence-electron chi connectivity index (χ0n) is 11.4. The van der Waals surface area contributed by atoms with Gasteiger partial charge in [0.15, 0.2) is 0 Å². The van der Waals surface area contributed by atoms with Gasteiger partial charge in [0.1, 0.15) is 0 Å². The molecule has 2 rings (SSSR count). The maximum Gasteiger partial charge on any atom is 0.251 e. The second kappa shape index (κ2) is 5.85. The number of benzene rings is 2. The van der Waals surface area contributed by atoms with E-state index in [4.69, 9.17) is 5.73 Å². The van der Waals surface area contributed by atoms with Crippen LogP contribution in [0.4, 0.5) is 0 Å². The molecule has 3 N–H and O–H groups in total. The van der Waals surface area contributed by atoms with Gasteiger partial charge in [-0.2, -0.15) is 0 Å². The van der Waals surface area contributed by atoms with Crippen LogP contribution in [0.5, 0.6) is 0 Å². The molecule has 2 aromatic carbocycles. The Morgan fingerprint density at radius 2 is 1.84 bits per heavy atom. The molecule has 0 spiro atoms. The van der Waals surface area contributed by atoms with Crippen molar-refractivity contribution in [2.75, 3.05) is 6.54 Å². The first-order valence-corrected chi connectivity index (χ1v) is 6.61. The molecule has 2 atom stereocenters. The van der Waals surface area contributed by atoms with Crippen molar-refractivity contribution >= 4 is 16.7 Å². The van der Waals surface area contributed by atoms with E-state index in [1.165, 1.54) is 0 Å². The number of nitrogens with one attached hydrogen (secondary N) is 1. The summed E-state index contributed by atoms with van der Waals surface area (Å²) in [4.78, 5) is 12.2. The molecule has 0 aromatic heterocycles. The first kappa shape index (κ1) is 13.6. The zero-order chi connectivity index (χ0) is 13.8. The molecule has 0 saturated heterocycles. The molecule has 0 fully saturated rings. The highest BCUT2D eigenvalue weighted by Crippen LogP contribution is 2.15. The van der Waals surface area contributed by atoms with Crippen molar-refractivity contribution in [3.63, 3.8) is 0 Å². The summed E-state index contributed by atoms with van der Waals surface area (Å²) in [5.74, 6) is 0.225. The zero-order valence-corrected chi connectivity index (χ0v) is 11.4. The Hall–Kier alpha value is -1.87. The summed E-state index contributed by atoms with van der Waals surface area (Å²) in [6.07, 6.45) is 0. The van der Waals surface area contributed by atoms with Crippen molar-refractivity contribution in [1.29, 1.82) is 0 Å². The van der Waals surface area contributed by atoms with Crippen molar-refractivity contribution in [3.8, 4) is 0 Å². The molecular weight excluding hydrogens is 236 g/mol. The summed E-state index contributed by atoms with van der Waals surface area (Å²) in [7, 11) is 0. The Kier molecular flexibility index (Phi) is 4.17. The fourth-order valence-corrected chi connectivity index (χ4v) is 1.97. The largest absolute Gasteiger partial charge is 0.349 e. The van der Waals surface area contributed by atoms with E-state index in [-0.39, 0.29) is 17.9 Å². The fraction of sp³-hybridized carbons (Fsp3) is 0.312. The highest BCUT2D eigenvalue weighted by atomic mass is 16.1. The normalized spacial score (nSPS) is 14.1. The van der Waals surface area contributed by atoms with Crippen molar-refractivity contribution in [1.82, 2.24) is 5.32 Å². The first-order chi connectivity index (χ1) is 9.11. The van der Waals surface area contributed by atoms with Gasteiger partial charge in [0.05, 0.1) is 0 Å². The SMILES string of the molecule is CC(CN)C(C)NC(=O)c1ccc2ccccc2c1. The average molecular weight is 256 g/mol. The lowest BCUT2D eigenvalue weighted by Crippen LogP contribution is -2.39. The number of nitrogens with two attached hydrogens (primary N) is 1. The molecule has 19 heavy (non-hydrogen) atoms. The Morgan fingerprint density at radius 3 is 2.53 bits per heavy atom. The molecule has 0 aliphatic rings. The van der Waals surface area contributed by atoms with Crippen LogP contribution in [0.1, 0.15) is 24.2 Å². The molecule has 0 saturated carbocycles. The van der Waals surface area contributed by atoms with Gasteiger partial charge in [-0.3, -0.25) is 4.79 Å². The Bertz CT molecular complexity index is 580. The van der Waals surface area contributed by atoms with Crippen LogP contribution in [-0.4, -0.2) is 18.5 Å². The minimum Gasteiger partial charge on any atom is -0.349 e. The molecule has 2 unspecified atom stereocenters. The summed E-state index contributed by atoms with van der Waals surface area (Å²) >= 11 is 0. The molecule has 100 valence electrons. The fourth-order valence-electron chi connectivity index (χ4n) is 1.97. The highest BCUT2D eigenvalue weighted by Gasteiger charge is 2.14. The second-order valence-electron chi connectivity index (χ2n) is 5.04. The van der Waals surface area contributed by atoms with Crippen LogP contribution in [0.15, 0.2) is 42.5 Å². The van der Waals surface area contributed by atoms with Crippen LogP contribution in [-0.2, 0) is 0 Å². The van der Waals surface area contributed by atoms with Gasteiger partial charge >= 0.3 is 0 Å². The van der Waals surface area contributed by atoms with Crippen molar-refractivity contribution in [3.05, 3.63) is 48.0 Å². The molecule has 0 heterocycles. The van der Waals surface area contributed by atoms with Crippen molar-refractivity contribution in [2.45, 2.75) is 19.9 Å². The smallest absolute Gasteiger partial charge is 0.251 e. The third kappa shape index (κ3) is 3.12. The van der Waals surface area contributed by atoms with E-state index in [2.05, 4.69) is 5.32 Å². The maximum absolute atomic E-state index is 12.2. The van der Waals surface area contributed by atoms with Gasteiger partial charge in [-0.1, -0.05) is 37.3 Å². The van der Waals surface area contributed by atoms with Gasteiger partial charge in [0.25, 0.3) is 5.91 Å². The number of fused-ring (bicyclic) bond motifs is 1. The topological polar surface area (TPSA) is 55.1 Å². The lowest BCUT2D eigenvalue weighted by molar-refractivity contribution is 0.0929. The molecular formula is C16H20N2O. The predicted octanol–water partition coefficient (Wildman–Crippen LogP) is 2.55. The Labute approximate surface area is 113 Å². The van der Waals surface area contributed by atoms with Crippen LogP contribution in [0.25, 0.3) is 10.8 Å². The number of rotatable bonds is 4. The molecule has 0 aliphatic carbocycles. The lowest BCUT2D eigenvalue weighted by Gasteiger charge is -2.19. The summed E-state index contributed by atoms with van der Waals surface area (Å²) in [6, 6.07) is 13.8. The van der Waals surface area contributed by atoms with Crippen LogP contribution in [0, 0.1) is 5.92 Å². The van der Waals surface area contributed by atoms with Crippen LogP contribution in [0.3, 0.4) is 0 Å². The number of amides is 1. The van der Waals surface area contributed by atoms with E-state index in [9.17, 15) is 4.79 Å². The van der Waals surface area contributed by atoms with Crippen LogP contribution >= 0.6 is 0 Å². The van der Waals surface area contributed by atoms with Crippen molar-refractivity contribution in [2.24, 2.45) is 11.7 Å².